The maximum Gasteiger partial charge on any atom is 0.255 e. The lowest BCUT2D eigenvalue weighted by atomic mass is 10.0. The Balaban J connectivity index is 1.97. The Kier molecular flexibility index (Phi) is 3.75. The van der Waals surface area contributed by atoms with Crippen LogP contribution in [0.15, 0.2) is 18.3 Å². The zero-order valence-corrected chi connectivity index (χ0v) is 11.6. The predicted octanol–water partition coefficient (Wildman–Crippen LogP) is 1.32. The molecule has 1 aliphatic rings. The van der Waals surface area contributed by atoms with Gasteiger partial charge in [-0.05, 0) is 26.8 Å². The van der Waals surface area contributed by atoms with Crippen LogP contribution in [0, 0.1) is 5.92 Å². The number of nitrogens with zero attached hydrogens (tertiary/aromatic N) is 2. The van der Waals surface area contributed by atoms with E-state index >= 15 is 0 Å². The molecule has 5 heteroatoms. The smallest absolute Gasteiger partial charge is 0.255 e. The third-order valence-electron chi connectivity index (χ3n) is 2.90. The predicted molar refractivity (Wildman–Crippen MR) is 71.1 cm³/mol. The maximum absolute atomic E-state index is 12.0. The number of ether oxygens (including phenoxy) is 1. The highest BCUT2D eigenvalue weighted by atomic mass is 16.5. The summed E-state index contributed by atoms with van der Waals surface area (Å²) >= 11 is 0. The standard InChI is InChI=1S/C14H20N2O3/c1-14(2,3)19-12-5-4-11(6-15-12)13(18)16-7-10(8-16)9-17/h4-6,10,17H,7-9H2,1-3H3. The number of rotatable bonds is 3. The van der Waals surface area contributed by atoms with Crippen LogP contribution in [0.2, 0.25) is 0 Å². The summed E-state index contributed by atoms with van der Waals surface area (Å²) in [5.41, 5.74) is 0.252. The van der Waals surface area contributed by atoms with Crippen molar-refractivity contribution in [2.24, 2.45) is 5.92 Å². The highest BCUT2D eigenvalue weighted by molar-refractivity contribution is 5.94. The van der Waals surface area contributed by atoms with Gasteiger partial charge in [-0.25, -0.2) is 4.98 Å². The van der Waals surface area contributed by atoms with Crippen LogP contribution in [0.5, 0.6) is 5.88 Å². The number of hydrogen-bond acceptors (Lipinski definition) is 4. The number of aliphatic hydroxyl groups is 1. The van der Waals surface area contributed by atoms with E-state index in [0.717, 1.165) is 0 Å². The monoisotopic (exact) mass is 264 g/mol. The number of carbonyl (C=O) groups is 1. The number of aromatic nitrogens is 1. The minimum absolute atomic E-state index is 0.0421. The molecule has 0 spiro atoms. The first kappa shape index (κ1) is 13.8. The van der Waals surface area contributed by atoms with Crippen molar-refractivity contribution in [3.05, 3.63) is 23.9 Å². The van der Waals surface area contributed by atoms with E-state index in [-0.39, 0.29) is 24.0 Å². The summed E-state index contributed by atoms with van der Waals surface area (Å²) < 4.78 is 5.60. The van der Waals surface area contributed by atoms with E-state index in [9.17, 15) is 4.79 Å². The third-order valence-corrected chi connectivity index (χ3v) is 2.90. The minimum Gasteiger partial charge on any atom is -0.472 e. The summed E-state index contributed by atoms with van der Waals surface area (Å²) in [6.07, 6.45) is 1.54. The lowest BCUT2D eigenvalue weighted by Gasteiger charge is -2.38. The second-order valence-electron chi connectivity index (χ2n) is 5.86. The Morgan fingerprint density at radius 1 is 1.47 bits per heavy atom. The zero-order chi connectivity index (χ0) is 14.0. The van der Waals surface area contributed by atoms with Gasteiger partial charge in [-0.15, -0.1) is 0 Å². The van der Waals surface area contributed by atoms with Gasteiger partial charge in [-0.2, -0.15) is 0 Å². The van der Waals surface area contributed by atoms with Crippen LogP contribution >= 0.6 is 0 Å². The van der Waals surface area contributed by atoms with Gasteiger partial charge in [0, 0.05) is 37.9 Å². The van der Waals surface area contributed by atoms with Gasteiger partial charge in [0.25, 0.3) is 5.91 Å². The molecule has 1 aromatic rings. The lowest BCUT2D eigenvalue weighted by Crippen LogP contribution is -2.51. The number of likely N-dealkylation sites (tertiary alicyclic amines) is 1. The van der Waals surface area contributed by atoms with Gasteiger partial charge in [0.15, 0.2) is 0 Å². The van der Waals surface area contributed by atoms with E-state index < -0.39 is 0 Å². The van der Waals surface area contributed by atoms with Crippen LogP contribution in [0.25, 0.3) is 0 Å². The third kappa shape index (κ3) is 3.44. The molecule has 1 amide bonds. The molecule has 0 atom stereocenters. The molecule has 5 nitrogen and oxygen atoms in total. The number of pyridine rings is 1. The Bertz CT molecular complexity index is 445. The first-order valence-electron chi connectivity index (χ1n) is 6.44. The van der Waals surface area contributed by atoms with Crippen LogP contribution in [0.4, 0.5) is 0 Å². The van der Waals surface area contributed by atoms with E-state index in [0.29, 0.717) is 24.5 Å². The van der Waals surface area contributed by atoms with Crippen molar-refractivity contribution in [3.8, 4) is 5.88 Å². The summed E-state index contributed by atoms with van der Waals surface area (Å²) in [6, 6.07) is 3.43. The van der Waals surface area contributed by atoms with Gasteiger partial charge in [-0.3, -0.25) is 4.79 Å². The summed E-state index contributed by atoms with van der Waals surface area (Å²) in [5.74, 6) is 0.695. The van der Waals surface area contributed by atoms with Gasteiger partial charge < -0.3 is 14.7 Å². The van der Waals surface area contributed by atoms with Crippen molar-refractivity contribution in [1.29, 1.82) is 0 Å². The molecule has 0 aromatic carbocycles. The summed E-state index contributed by atoms with van der Waals surface area (Å²) in [5, 5.41) is 8.93. The van der Waals surface area contributed by atoms with Gasteiger partial charge in [0.1, 0.15) is 5.60 Å². The average molecular weight is 264 g/mol. The Hall–Kier alpha value is -1.62. The van der Waals surface area contributed by atoms with Crippen molar-refractivity contribution in [1.82, 2.24) is 9.88 Å². The Morgan fingerprint density at radius 2 is 2.16 bits per heavy atom. The first-order valence-corrected chi connectivity index (χ1v) is 6.44. The lowest BCUT2D eigenvalue weighted by molar-refractivity contribution is 0.0361. The number of hydrogen-bond donors (Lipinski definition) is 1. The Labute approximate surface area is 113 Å². The molecule has 0 bridgehead atoms. The van der Waals surface area contributed by atoms with Crippen molar-refractivity contribution < 1.29 is 14.6 Å². The Morgan fingerprint density at radius 3 is 2.63 bits per heavy atom. The molecule has 0 saturated carbocycles. The largest absolute Gasteiger partial charge is 0.472 e. The normalized spacial score (nSPS) is 16.1. The fraction of sp³-hybridized carbons (Fsp3) is 0.571. The number of aliphatic hydroxyl groups excluding tert-OH is 1. The first-order chi connectivity index (χ1) is 8.89. The van der Waals surface area contributed by atoms with Gasteiger partial charge in [-0.1, -0.05) is 0 Å². The minimum atomic E-state index is -0.301. The second-order valence-corrected chi connectivity index (χ2v) is 5.86. The molecule has 1 aromatic heterocycles. The van der Waals surface area contributed by atoms with Crippen LogP contribution in [-0.4, -0.2) is 46.2 Å². The van der Waals surface area contributed by atoms with E-state index in [1.54, 1.807) is 17.0 Å². The summed E-state index contributed by atoms with van der Waals surface area (Å²) in [6.45, 7) is 7.22. The highest BCUT2D eigenvalue weighted by Gasteiger charge is 2.30. The average Bonchev–Trinajstić information content (AvgIpc) is 2.26. The molecule has 1 saturated heterocycles. The van der Waals surface area contributed by atoms with Gasteiger partial charge >= 0.3 is 0 Å². The van der Waals surface area contributed by atoms with Gasteiger partial charge in [0.2, 0.25) is 5.88 Å². The van der Waals surface area contributed by atoms with Crippen LogP contribution in [0.3, 0.4) is 0 Å². The van der Waals surface area contributed by atoms with Crippen molar-refractivity contribution in [2.45, 2.75) is 26.4 Å². The second kappa shape index (κ2) is 5.17. The quantitative estimate of drug-likeness (QED) is 0.894. The van der Waals surface area contributed by atoms with E-state index in [2.05, 4.69) is 4.98 Å². The molecular weight excluding hydrogens is 244 g/mol. The van der Waals surface area contributed by atoms with Crippen LogP contribution in [0.1, 0.15) is 31.1 Å². The molecule has 0 unspecified atom stereocenters. The molecule has 1 aliphatic heterocycles. The van der Waals surface area contributed by atoms with Crippen molar-refractivity contribution in [2.75, 3.05) is 19.7 Å². The molecule has 2 heterocycles. The van der Waals surface area contributed by atoms with E-state index in [4.69, 9.17) is 9.84 Å². The molecule has 2 rings (SSSR count). The molecule has 1 N–H and O–H groups in total. The molecule has 0 aliphatic carbocycles. The number of carbonyl (C=O) groups excluding carboxylic acids is 1. The molecule has 104 valence electrons. The highest BCUT2D eigenvalue weighted by Crippen LogP contribution is 2.20. The fourth-order valence-corrected chi connectivity index (χ4v) is 1.91. The summed E-state index contributed by atoms with van der Waals surface area (Å²) in [7, 11) is 0. The van der Waals surface area contributed by atoms with Gasteiger partial charge in [0.05, 0.1) is 5.56 Å². The van der Waals surface area contributed by atoms with Crippen LogP contribution in [-0.2, 0) is 0 Å². The molecule has 19 heavy (non-hydrogen) atoms. The molecule has 0 radical (unpaired) electrons. The van der Waals surface area contributed by atoms with Crippen LogP contribution < -0.4 is 4.74 Å². The summed E-state index contributed by atoms with van der Waals surface area (Å²) in [4.78, 5) is 17.9. The number of amides is 1. The van der Waals surface area contributed by atoms with E-state index in [1.165, 1.54) is 6.20 Å². The SMILES string of the molecule is CC(C)(C)Oc1ccc(C(=O)N2CC(CO)C2)cn1. The topological polar surface area (TPSA) is 62.7 Å². The molecule has 1 fully saturated rings. The molecular formula is C14H20N2O3. The van der Waals surface area contributed by atoms with E-state index in [1.807, 2.05) is 20.8 Å². The van der Waals surface area contributed by atoms with Crippen molar-refractivity contribution >= 4 is 5.91 Å². The zero-order valence-electron chi connectivity index (χ0n) is 11.6. The fourth-order valence-electron chi connectivity index (χ4n) is 1.91. The maximum atomic E-state index is 12.0. The van der Waals surface area contributed by atoms with Crippen molar-refractivity contribution in [3.63, 3.8) is 0 Å².